The van der Waals surface area contributed by atoms with Crippen molar-refractivity contribution in [3.05, 3.63) is 58.7 Å². The molecule has 0 radical (unpaired) electrons. The molecule has 1 N–H and O–H groups in total. The van der Waals surface area contributed by atoms with Crippen molar-refractivity contribution in [2.45, 2.75) is 40.2 Å². The summed E-state index contributed by atoms with van der Waals surface area (Å²) < 4.78 is 11.0. The number of benzene rings is 2. The van der Waals surface area contributed by atoms with Gasteiger partial charge in [0.25, 0.3) is 5.17 Å². The first-order chi connectivity index (χ1) is 12.0. The maximum atomic E-state index is 10.3. The van der Waals surface area contributed by atoms with Crippen LogP contribution in [0, 0.1) is 6.92 Å². The summed E-state index contributed by atoms with van der Waals surface area (Å²) in [5.74, 6) is 0.837. The molecular formula is C20H25NO3S. The van der Waals surface area contributed by atoms with E-state index < -0.39 is 0 Å². The molecule has 2 rings (SSSR count). The van der Waals surface area contributed by atoms with Gasteiger partial charge in [0.2, 0.25) is 0 Å². The number of ether oxygens (including phenoxy) is 2. The molecule has 0 fully saturated rings. The molecular weight excluding hydrogens is 334 g/mol. The first kappa shape index (κ1) is 19.2. The number of anilines is 1. The van der Waals surface area contributed by atoms with Gasteiger partial charge in [0.1, 0.15) is 12.4 Å². The van der Waals surface area contributed by atoms with Gasteiger partial charge in [-0.2, -0.15) is 5.06 Å². The van der Waals surface area contributed by atoms with E-state index in [1.54, 1.807) is 0 Å². The Hall–Kier alpha value is -2.11. The van der Waals surface area contributed by atoms with E-state index in [4.69, 9.17) is 21.7 Å². The van der Waals surface area contributed by atoms with Crippen LogP contribution in [0.3, 0.4) is 0 Å². The van der Waals surface area contributed by atoms with E-state index in [0.29, 0.717) is 12.3 Å². The van der Waals surface area contributed by atoms with Crippen LogP contribution < -0.4 is 9.80 Å². The van der Waals surface area contributed by atoms with Gasteiger partial charge in [-0.1, -0.05) is 38.1 Å². The molecule has 2 aromatic carbocycles. The summed E-state index contributed by atoms with van der Waals surface area (Å²) in [5.41, 5.74) is 4.95. The Morgan fingerprint density at radius 2 is 1.72 bits per heavy atom. The number of hydrogen-bond donors (Lipinski definition) is 1. The van der Waals surface area contributed by atoms with Gasteiger partial charge in [0.05, 0.1) is 12.8 Å². The molecule has 4 nitrogen and oxygen atoms in total. The fraction of sp³-hybridized carbons (Fsp3) is 0.350. The molecule has 0 heterocycles. The molecule has 0 saturated carbocycles. The molecule has 0 saturated heterocycles. The van der Waals surface area contributed by atoms with E-state index in [1.807, 2.05) is 31.2 Å². The normalized spacial score (nSPS) is 10.4. The zero-order chi connectivity index (χ0) is 18.4. The van der Waals surface area contributed by atoms with Crippen LogP contribution in [0.25, 0.3) is 0 Å². The Balaban J connectivity index is 2.26. The van der Waals surface area contributed by atoms with E-state index in [2.05, 4.69) is 26.0 Å². The molecule has 0 amide bonds. The summed E-state index contributed by atoms with van der Waals surface area (Å²) in [5, 5.41) is 11.1. The summed E-state index contributed by atoms with van der Waals surface area (Å²) in [6.45, 7) is 6.59. The quantitative estimate of drug-likeness (QED) is 0.591. The highest BCUT2D eigenvalue weighted by atomic mass is 32.1. The lowest BCUT2D eigenvalue weighted by Crippen LogP contribution is -2.27. The van der Waals surface area contributed by atoms with Gasteiger partial charge in [0.15, 0.2) is 0 Å². The molecule has 0 spiro atoms. The number of nitrogens with zero attached hydrogens (tertiary/aromatic N) is 1. The first-order valence-corrected chi connectivity index (χ1v) is 8.82. The average molecular weight is 359 g/mol. The van der Waals surface area contributed by atoms with Crippen LogP contribution in [0.15, 0.2) is 36.4 Å². The predicted molar refractivity (Wildman–Crippen MR) is 105 cm³/mol. The van der Waals surface area contributed by atoms with Crippen molar-refractivity contribution in [3.63, 3.8) is 0 Å². The molecule has 0 unspecified atom stereocenters. The zero-order valence-corrected chi connectivity index (χ0v) is 16.0. The number of hydroxylamine groups is 1. The van der Waals surface area contributed by atoms with Crippen LogP contribution in [0.1, 0.15) is 36.1 Å². The van der Waals surface area contributed by atoms with Crippen molar-refractivity contribution in [2.75, 3.05) is 12.2 Å². The monoisotopic (exact) mass is 359 g/mol. The summed E-state index contributed by atoms with van der Waals surface area (Å²) in [6, 6.07) is 12.0. The highest BCUT2D eigenvalue weighted by Crippen LogP contribution is 2.26. The van der Waals surface area contributed by atoms with Crippen molar-refractivity contribution >= 4 is 23.1 Å². The molecule has 0 bridgehead atoms. The lowest BCUT2D eigenvalue weighted by atomic mass is 10.1. The summed E-state index contributed by atoms with van der Waals surface area (Å²) >= 11 is 5.02. The first-order valence-electron chi connectivity index (χ1n) is 8.41. The Labute approximate surface area is 155 Å². The van der Waals surface area contributed by atoms with Crippen molar-refractivity contribution in [2.24, 2.45) is 0 Å². The van der Waals surface area contributed by atoms with Crippen LogP contribution >= 0.6 is 12.2 Å². The second-order valence-corrected chi connectivity index (χ2v) is 6.19. The largest absolute Gasteiger partial charge is 0.489 e. The molecule has 134 valence electrons. The fourth-order valence-electron chi connectivity index (χ4n) is 2.61. The number of hydrogen-bond acceptors (Lipinski definition) is 4. The lowest BCUT2D eigenvalue weighted by Gasteiger charge is -2.20. The van der Waals surface area contributed by atoms with E-state index in [9.17, 15) is 5.21 Å². The van der Waals surface area contributed by atoms with Gasteiger partial charge >= 0.3 is 0 Å². The van der Waals surface area contributed by atoms with Gasteiger partial charge in [-0.15, -0.1) is 0 Å². The third kappa shape index (κ3) is 4.71. The number of aryl methyl sites for hydroxylation is 3. The van der Waals surface area contributed by atoms with Crippen LogP contribution in [0.5, 0.6) is 5.75 Å². The predicted octanol–water partition coefficient (Wildman–Crippen LogP) is 4.83. The van der Waals surface area contributed by atoms with Gasteiger partial charge < -0.3 is 9.47 Å². The Bertz CT molecular complexity index is 746. The maximum Gasteiger partial charge on any atom is 0.288 e. The molecule has 0 aliphatic carbocycles. The average Bonchev–Trinajstić information content (AvgIpc) is 2.65. The van der Waals surface area contributed by atoms with Crippen LogP contribution in [0.4, 0.5) is 5.69 Å². The molecule has 25 heavy (non-hydrogen) atoms. The highest BCUT2D eigenvalue weighted by Gasteiger charge is 2.15. The van der Waals surface area contributed by atoms with E-state index in [1.165, 1.54) is 12.7 Å². The molecule has 0 atom stereocenters. The molecule has 2 aromatic rings. The van der Waals surface area contributed by atoms with Crippen molar-refractivity contribution in [1.29, 1.82) is 0 Å². The minimum absolute atomic E-state index is 0.00558. The van der Waals surface area contributed by atoms with Crippen molar-refractivity contribution < 1.29 is 14.7 Å². The van der Waals surface area contributed by atoms with Gasteiger partial charge in [-0.05, 0) is 60.8 Å². The Morgan fingerprint density at radius 3 is 2.32 bits per heavy atom. The smallest absolute Gasteiger partial charge is 0.288 e. The van der Waals surface area contributed by atoms with Crippen molar-refractivity contribution in [1.82, 2.24) is 0 Å². The van der Waals surface area contributed by atoms with E-state index in [0.717, 1.165) is 40.3 Å². The van der Waals surface area contributed by atoms with E-state index in [-0.39, 0.29) is 5.17 Å². The third-order valence-electron chi connectivity index (χ3n) is 4.16. The zero-order valence-electron chi connectivity index (χ0n) is 15.2. The topological polar surface area (TPSA) is 41.9 Å². The maximum absolute atomic E-state index is 10.3. The van der Waals surface area contributed by atoms with Crippen LogP contribution in [-0.2, 0) is 24.2 Å². The van der Waals surface area contributed by atoms with E-state index >= 15 is 0 Å². The van der Waals surface area contributed by atoms with Crippen LogP contribution in [0.2, 0.25) is 0 Å². The fourth-order valence-corrected chi connectivity index (χ4v) is 2.71. The van der Waals surface area contributed by atoms with Gasteiger partial charge in [-0.3, -0.25) is 5.21 Å². The molecule has 5 heteroatoms. The third-order valence-corrected chi connectivity index (χ3v) is 4.50. The Kier molecular flexibility index (Phi) is 6.79. The van der Waals surface area contributed by atoms with Crippen molar-refractivity contribution in [3.8, 4) is 5.75 Å². The number of thiocarbonyl (C=S) groups is 1. The molecule has 0 aliphatic rings. The minimum atomic E-state index is -0.00558. The number of methoxy groups -OCH3 is 1. The summed E-state index contributed by atoms with van der Waals surface area (Å²) in [7, 11) is 1.43. The second-order valence-electron chi connectivity index (χ2n) is 5.84. The SMILES string of the molecule is CCc1ccc(OCc2cc(CC)ccc2N(O)C(=S)OC)c(C)c1. The summed E-state index contributed by atoms with van der Waals surface area (Å²) in [4.78, 5) is 0. The van der Waals surface area contributed by atoms with Gasteiger partial charge in [0, 0.05) is 5.56 Å². The molecule has 0 aliphatic heterocycles. The standard InChI is InChI=1S/C20H25NO3S/c1-5-15-8-10-19(14(3)11-15)24-13-17-12-16(6-2)7-9-18(17)21(22)20(25)23-4/h7-12,22H,5-6,13H2,1-4H3. The number of rotatable bonds is 6. The molecule has 0 aromatic heterocycles. The second kappa shape index (κ2) is 8.83. The van der Waals surface area contributed by atoms with Crippen LogP contribution in [-0.4, -0.2) is 17.5 Å². The lowest BCUT2D eigenvalue weighted by molar-refractivity contribution is 0.264. The van der Waals surface area contributed by atoms with Gasteiger partial charge in [-0.25, -0.2) is 0 Å². The highest BCUT2D eigenvalue weighted by molar-refractivity contribution is 7.80. The Morgan fingerprint density at radius 1 is 1.08 bits per heavy atom. The summed E-state index contributed by atoms with van der Waals surface area (Å²) in [6.07, 6.45) is 1.90. The minimum Gasteiger partial charge on any atom is -0.489 e.